The molecule has 0 fully saturated rings. The molecule has 0 saturated heterocycles. The quantitative estimate of drug-likeness (QED) is 0.734. The van der Waals surface area contributed by atoms with E-state index in [0.717, 1.165) is 12.1 Å². The largest absolute Gasteiger partial charge is 0.374 e. The van der Waals surface area contributed by atoms with E-state index >= 15 is 0 Å². The van der Waals surface area contributed by atoms with Gasteiger partial charge in [0.15, 0.2) is 17.5 Å². The Labute approximate surface area is 135 Å². The normalized spacial score (nSPS) is 10.2. The Bertz CT molecular complexity index is 781. The summed E-state index contributed by atoms with van der Waals surface area (Å²) in [5, 5.41) is 7.48. The van der Waals surface area contributed by atoms with Crippen molar-refractivity contribution in [1.29, 1.82) is 0 Å². The molecule has 8 heteroatoms. The summed E-state index contributed by atoms with van der Waals surface area (Å²) in [6.07, 6.45) is 0. The van der Waals surface area contributed by atoms with E-state index in [1.165, 1.54) is 13.0 Å². The van der Waals surface area contributed by atoms with E-state index in [1.54, 1.807) is 18.2 Å². The van der Waals surface area contributed by atoms with Crippen molar-refractivity contribution >= 4 is 28.9 Å². The van der Waals surface area contributed by atoms with Crippen molar-refractivity contribution in [3.05, 3.63) is 53.8 Å². The Balaban J connectivity index is 1.97. The molecular formula is C16H14F3N3O2. The lowest BCUT2D eigenvalue weighted by molar-refractivity contribution is -0.115. The van der Waals surface area contributed by atoms with Gasteiger partial charge in [-0.2, -0.15) is 0 Å². The molecule has 0 aliphatic rings. The molecule has 2 amide bonds. The Kier molecular flexibility index (Phi) is 5.41. The van der Waals surface area contributed by atoms with Crippen molar-refractivity contribution in [2.24, 2.45) is 0 Å². The maximum absolute atomic E-state index is 13.5. The van der Waals surface area contributed by atoms with Gasteiger partial charge in [-0.1, -0.05) is 6.07 Å². The van der Waals surface area contributed by atoms with Crippen LogP contribution in [-0.2, 0) is 9.59 Å². The SMILES string of the molecule is CC(=O)Nc1cccc(NC(=O)CNc2ccc(F)c(F)c2F)c1. The fourth-order valence-corrected chi connectivity index (χ4v) is 1.92. The third-order valence-electron chi connectivity index (χ3n) is 2.94. The first-order valence-electron chi connectivity index (χ1n) is 6.91. The summed E-state index contributed by atoms with van der Waals surface area (Å²) in [7, 11) is 0. The molecule has 0 atom stereocenters. The minimum Gasteiger partial charge on any atom is -0.374 e. The highest BCUT2D eigenvalue weighted by Gasteiger charge is 2.14. The molecule has 0 aromatic heterocycles. The first kappa shape index (κ1) is 17.3. The molecule has 0 aliphatic carbocycles. The lowest BCUT2D eigenvalue weighted by Gasteiger charge is -2.10. The van der Waals surface area contributed by atoms with Gasteiger partial charge in [0.25, 0.3) is 0 Å². The molecule has 0 heterocycles. The fourth-order valence-electron chi connectivity index (χ4n) is 1.92. The zero-order valence-corrected chi connectivity index (χ0v) is 12.6. The molecule has 0 bridgehead atoms. The Morgan fingerprint density at radius 3 is 2.29 bits per heavy atom. The van der Waals surface area contributed by atoms with Gasteiger partial charge in [-0.3, -0.25) is 9.59 Å². The van der Waals surface area contributed by atoms with Crippen molar-refractivity contribution in [2.45, 2.75) is 6.92 Å². The number of benzene rings is 2. The minimum absolute atomic E-state index is 0.256. The van der Waals surface area contributed by atoms with Crippen molar-refractivity contribution in [2.75, 3.05) is 22.5 Å². The van der Waals surface area contributed by atoms with Crippen molar-refractivity contribution < 1.29 is 22.8 Å². The molecule has 0 radical (unpaired) electrons. The van der Waals surface area contributed by atoms with Gasteiger partial charge in [-0.05, 0) is 30.3 Å². The number of rotatable bonds is 5. The number of carbonyl (C=O) groups excluding carboxylic acids is 2. The van der Waals surface area contributed by atoms with Crippen LogP contribution in [-0.4, -0.2) is 18.4 Å². The Morgan fingerprint density at radius 1 is 0.958 bits per heavy atom. The van der Waals surface area contributed by atoms with Gasteiger partial charge >= 0.3 is 0 Å². The average Bonchev–Trinajstić information content (AvgIpc) is 2.51. The van der Waals surface area contributed by atoms with Crippen molar-refractivity contribution in [3.8, 4) is 0 Å². The highest BCUT2D eigenvalue weighted by molar-refractivity contribution is 5.95. The van der Waals surface area contributed by atoms with Crippen molar-refractivity contribution in [1.82, 2.24) is 0 Å². The second-order valence-corrected chi connectivity index (χ2v) is 4.89. The summed E-state index contributed by atoms with van der Waals surface area (Å²) in [6, 6.07) is 8.17. The summed E-state index contributed by atoms with van der Waals surface area (Å²) in [5.74, 6) is -5.09. The van der Waals surface area contributed by atoms with Crippen LogP contribution in [0.25, 0.3) is 0 Å². The van der Waals surface area contributed by atoms with Gasteiger partial charge in [0.2, 0.25) is 11.8 Å². The molecule has 3 N–H and O–H groups in total. The van der Waals surface area contributed by atoms with E-state index in [-0.39, 0.29) is 18.1 Å². The number of halogens is 3. The minimum atomic E-state index is -1.61. The second-order valence-electron chi connectivity index (χ2n) is 4.89. The predicted molar refractivity (Wildman–Crippen MR) is 84.2 cm³/mol. The second kappa shape index (κ2) is 7.49. The summed E-state index contributed by atoms with van der Waals surface area (Å²) in [6.45, 7) is 0.998. The third-order valence-corrected chi connectivity index (χ3v) is 2.94. The number of nitrogens with one attached hydrogen (secondary N) is 3. The van der Waals surface area contributed by atoms with E-state index in [1.807, 2.05) is 0 Å². The van der Waals surface area contributed by atoms with Gasteiger partial charge in [-0.25, -0.2) is 13.2 Å². The first-order valence-corrected chi connectivity index (χ1v) is 6.91. The zero-order valence-electron chi connectivity index (χ0n) is 12.6. The first-order chi connectivity index (χ1) is 11.4. The lowest BCUT2D eigenvalue weighted by atomic mass is 10.2. The van der Waals surface area contributed by atoms with Crippen LogP contribution in [0, 0.1) is 17.5 Å². The number of amides is 2. The molecule has 0 unspecified atom stereocenters. The molecule has 24 heavy (non-hydrogen) atoms. The van der Waals surface area contributed by atoms with E-state index in [9.17, 15) is 22.8 Å². The topological polar surface area (TPSA) is 70.2 Å². The maximum Gasteiger partial charge on any atom is 0.243 e. The summed E-state index contributed by atoms with van der Waals surface area (Å²) in [5.41, 5.74) is 0.592. The molecule has 5 nitrogen and oxygen atoms in total. The van der Waals surface area contributed by atoms with Gasteiger partial charge in [0.1, 0.15) is 0 Å². The Hall–Kier alpha value is -3.03. The highest BCUT2D eigenvalue weighted by atomic mass is 19.2. The lowest BCUT2D eigenvalue weighted by Crippen LogP contribution is -2.22. The summed E-state index contributed by atoms with van der Waals surface area (Å²) < 4.78 is 39.4. The van der Waals surface area contributed by atoms with Crippen LogP contribution in [0.4, 0.5) is 30.2 Å². The van der Waals surface area contributed by atoms with Crippen LogP contribution < -0.4 is 16.0 Å². The van der Waals surface area contributed by atoms with Crippen LogP contribution in [0.5, 0.6) is 0 Å². The number of hydrogen-bond acceptors (Lipinski definition) is 3. The molecule has 0 spiro atoms. The molecule has 2 aromatic carbocycles. The number of hydrogen-bond donors (Lipinski definition) is 3. The van der Waals surface area contributed by atoms with Crippen LogP contribution in [0.1, 0.15) is 6.92 Å². The third kappa shape index (κ3) is 4.48. The van der Waals surface area contributed by atoms with Crippen LogP contribution in [0.15, 0.2) is 36.4 Å². The number of anilines is 3. The number of carbonyl (C=O) groups is 2. The van der Waals surface area contributed by atoms with Crippen LogP contribution >= 0.6 is 0 Å². The fraction of sp³-hybridized carbons (Fsp3) is 0.125. The van der Waals surface area contributed by atoms with Gasteiger partial charge in [0.05, 0.1) is 12.2 Å². The van der Waals surface area contributed by atoms with E-state index in [0.29, 0.717) is 11.4 Å². The van der Waals surface area contributed by atoms with Crippen LogP contribution in [0.2, 0.25) is 0 Å². The van der Waals surface area contributed by atoms with Gasteiger partial charge in [-0.15, -0.1) is 0 Å². The predicted octanol–water partition coefficient (Wildman–Crippen LogP) is 3.11. The van der Waals surface area contributed by atoms with Gasteiger partial charge < -0.3 is 16.0 Å². The summed E-state index contributed by atoms with van der Waals surface area (Å²) in [4.78, 5) is 22.8. The smallest absolute Gasteiger partial charge is 0.243 e. The van der Waals surface area contributed by atoms with E-state index in [2.05, 4.69) is 16.0 Å². The van der Waals surface area contributed by atoms with Gasteiger partial charge in [0, 0.05) is 18.3 Å². The molecule has 0 aliphatic heterocycles. The zero-order chi connectivity index (χ0) is 17.7. The van der Waals surface area contributed by atoms with E-state index in [4.69, 9.17) is 0 Å². The molecule has 126 valence electrons. The molecule has 0 saturated carbocycles. The van der Waals surface area contributed by atoms with Crippen LogP contribution in [0.3, 0.4) is 0 Å². The molecule has 2 aromatic rings. The Morgan fingerprint density at radius 2 is 1.62 bits per heavy atom. The molecule has 2 rings (SSSR count). The average molecular weight is 337 g/mol. The monoisotopic (exact) mass is 337 g/mol. The van der Waals surface area contributed by atoms with Crippen molar-refractivity contribution in [3.63, 3.8) is 0 Å². The van der Waals surface area contributed by atoms with E-state index < -0.39 is 23.4 Å². The highest BCUT2D eigenvalue weighted by Crippen LogP contribution is 2.19. The molecular weight excluding hydrogens is 323 g/mol. The maximum atomic E-state index is 13.5. The summed E-state index contributed by atoms with van der Waals surface area (Å²) >= 11 is 0. The standard InChI is InChI=1S/C16H14F3N3O2/c1-9(23)21-10-3-2-4-11(7-10)22-14(24)8-20-13-6-5-12(17)15(18)16(13)19/h2-7,20H,8H2,1H3,(H,21,23)(H,22,24).